The van der Waals surface area contributed by atoms with Crippen LogP contribution in [0.5, 0.6) is 0 Å². The van der Waals surface area contributed by atoms with Crippen LogP contribution in [0.4, 0.5) is 0 Å². The molecular weight excluding hydrogens is 236 g/mol. The van der Waals surface area contributed by atoms with Crippen LogP contribution in [0, 0.1) is 5.92 Å². The third-order valence-corrected chi connectivity index (χ3v) is 5.03. The summed E-state index contributed by atoms with van der Waals surface area (Å²) in [6.45, 7) is 5.82. The molecule has 2 rings (SSSR count). The number of hydrogen-bond acceptors (Lipinski definition) is 2. The molecule has 1 saturated heterocycles. The van der Waals surface area contributed by atoms with E-state index in [1.807, 2.05) is 0 Å². The Labute approximate surface area is 118 Å². The summed E-state index contributed by atoms with van der Waals surface area (Å²) < 4.78 is 0. The van der Waals surface area contributed by atoms with Crippen LogP contribution in [0.3, 0.4) is 0 Å². The summed E-state index contributed by atoms with van der Waals surface area (Å²) in [5.41, 5.74) is 0. The minimum absolute atomic E-state index is 0.327. The zero-order chi connectivity index (χ0) is 13.7. The maximum absolute atomic E-state index is 12.4. The Morgan fingerprint density at radius 2 is 1.95 bits per heavy atom. The maximum atomic E-state index is 12.4. The second kappa shape index (κ2) is 7.28. The molecule has 110 valence electrons. The fourth-order valence-corrected chi connectivity index (χ4v) is 3.62. The normalized spacial score (nSPS) is 26.6. The third kappa shape index (κ3) is 3.95. The highest BCUT2D eigenvalue weighted by atomic mass is 16.2. The predicted molar refractivity (Wildman–Crippen MR) is 79.1 cm³/mol. The Morgan fingerprint density at radius 1 is 1.21 bits per heavy atom. The van der Waals surface area contributed by atoms with Gasteiger partial charge in [0.2, 0.25) is 5.91 Å². The van der Waals surface area contributed by atoms with Crippen molar-refractivity contribution in [1.82, 2.24) is 10.2 Å². The second-order valence-corrected chi connectivity index (χ2v) is 6.38. The van der Waals surface area contributed by atoms with Crippen molar-refractivity contribution in [2.45, 2.75) is 77.3 Å². The van der Waals surface area contributed by atoms with E-state index in [1.165, 1.54) is 44.9 Å². The molecule has 1 heterocycles. The average molecular weight is 266 g/mol. The molecule has 3 heteroatoms. The molecule has 2 fully saturated rings. The summed E-state index contributed by atoms with van der Waals surface area (Å²) in [5, 5.41) is 3.34. The number of rotatable bonds is 5. The van der Waals surface area contributed by atoms with E-state index in [0.717, 1.165) is 18.9 Å². The van der Waals surface area contributed by atoms with Crippen molar-refractivity contribution in [1.29, 1.82) is 0 Å². The fraction of sp³-hybridized carbons (Fsp3) is 0.938. The largest absolute Gasteiger partial charge is 0.338 e. The van der Waals surface area contributed by atoms with Gasteiger partial charge in [0.05, 0.1) is 6.54 Å². The fourth-order valence-electron chi connectivity index (χ4n) is 3.62. The van der Waals surface area contributed by atoms with Gasteiger partial charge >= 0.3 is 0 Å². The van der Waals surface area contributed by atoms with Crippen LogP contribution in [0.25, 0.3) is 0 Å². The molecule has 1 amide bonds. The van der Waals surface area contributed by atoms with Gasteiger partial charge in [0.25, 0.3) is 0 Å². The molecule has 0 aromatic rings. The Bertz CT molecular complexity index is 286. The molecule has 3 nitrogen and oxygen atoms in total. The van der Waals surface area contributed by atoms with Crippen LogP contribution in [0.1, 0.15) is 65.2 Å². The van der Waals surface area contributed by atoms with E-state index in [-0.39, 0.29) is 0 Å². The van der Waals surface area contributed by atoms with E-state index < -0.39 is 0 Å². The molecule has 1 aliphatic heterocycles. The first-order chi connectivity index (χ1) is 9.22. The lowest BCUT2D eigenvalue weighted by Gasteiger charge is -2.34. The zero-order valence-electron chi connectivity index (χ0n) is 12.7. The Morgan fingerprint density at radius 3 is 2.63 bits per heavy atom. The highest BCUT2D eigenvalue weighted by Gasteiger charge is 2.34. The van der Waals surface area contributed by atoms with E-state index in [9.17, 15) is 4.79 Å². The molecule has 0 bridgehead atoms. The lowest BCUT2D eigenvalue weighted by molar-refractivity contribution is -0.132. The maximum Gasteiger partial charge on any atom is 0.236 e. The second-order valence-electron chi connectivity index (χ2n) is 6.38. The van der Waals surface area contributed by atoms with Crippen molar-refractivity contribution in [3.63, 3.8) is 0 Å². The van der Waals surface area contributed by atoms with Crippen LogP contribution in [0.2, 0.25) is 0 Å². The molecule has 19 heavy (non-hydrogen) atoms. The molecule has 0 aromatic carbocycles. The average Bonchev–Trinajstić information content (AvgIpc) is 2.94. The summed E-state index contributed by atoms with van der Waals surface area (Å²) in [7, 11) is 0. The van der Waals surface area contributed by atoms with E-state index in [0.29, 0.717) is 24.5 Å². The number of nitrogens with zero attached hydrogens (tertiary/aromatic N) is 1. The summed E-state index contributed by atoms with van der Waals surface area (Å²) in [6, 6.07) is 0.992. The molecule has 1 saturated carbocycles. The Balaban J connectivity index is 1.85. The third-order valence-electron chi connectivity index (χ3n) is 5.03. The van der Waals surface area contributed by atoms with Crippen LogP contribution < -0.4 is 5.32 Å². The number of likely N-dealkylation sites (tertiary alicyclic amines) is 1. The standard InChI is InChI=1S/C16H30N2O/c1-3-13(2)17-12-16(19)18-11-7-10-15(18)14-8-5-4-6-9-14/h13-15,17H,3-12H2,1-2H3. The van der Waals surface area contributed by atoms with Gasteiger partial charge in [-0.25, -0.2) is 0 Å². The number of carbonyl (C=O) groups excluding carboxylic acids is 1. The first-order valence-electron chi connectivity index (χ1n) is 8.25. The van der Waals surface area contributed by atoms with Gasteiger partial charge < -0.3 is 10.2 Å². The Hall–Kier alpha value is -0.570. The quantitative estimate of drug-likeness (QED) is 0.830. The van der Waals surface area contributed by atoms with Crippen molar-refractivity contribution in [3.8, 4) is 0 Å². The van der Waals surface area contributed by atoms with E-state index in [1.54, 1.807) is 0 Å². The monoisotopic (exact) mass is 266 g/mol. The minimum atomic E-state index is 0.327. The molecule has 1 aliphatic carbocycles. The number of carbonyl (C=O) groups is 1. The minimum Gasteiger partial charge on any atom is -0.338 e. The molecule has 0 radical (unpaired) electrons. The Kier molecular flexibility index (Phi) is 5.68. The van der Waals surface area contributed by atoms with Crippen molar-refractivity contribution in [2.75, 3.05) is 13.1 Å². The number of hydrogen-bond donors (Lipinski definition) is 1. The van der Waals surface area contributed by atoms with Gasteiger partial charge in [0.15, 0.2) is 0 Å². The molecule has 2 aliphatic rings. The van der Waals surface area contributed by atoms with Gasteiger partial charge in [-0.05, 0) is 44.9 Å². The molecular formula is C16H30N2O. The van der Waals surface area contributed by atoms with Crippen molar-refractivity contribution in [2.24, 2.45) is 5.92 Å². The summed E-state index contributed by atoms with van der Waals surface area (Å²) in [5.74, 6) is 1.11. The molecule has 2 unspecified atom stereocenters. The van der Waals surface area contributed by atoms with Crippen molar-refractivity contribution >= 4 is 5.91 Å². The zero-order valence-corrected chi connectivity index (χ0v) is 12.7. The molecule has 0 spiro atoms. The lowest BCUT2D eigenvalue weighted by Crippen LogP contribution is -2.45. The van der Waals surface area contributed by atoms with Gasteiger partial charge in [-0.15, -0.1) is 0 Å². The number of nitrogens with one attached hydrogen (secondary N) is 1. The predicted octanol–water partition coefficient (Wildman–Crippen LogP) is 2.95. The highest BCUT2D eigenvalue weighted by Crippen LogP contribution is 2.34. The topological polar surface area (TPSA) is 32.3 Å². The SMILES string of the molecule is CCC(C)NCC(=O)N1CCCC1C1CCCCC1. The van der Waals surface area contributed by atoms with E-state index in [4.69, 9.17) is 0 Å². The molecule has 2 atom stereocenters. The summed E-state index contributed by atoms with van der Waals surface area (Å²) >= 11 is 0. The first kappa shape index (κ1) is 14.8. The van der Waals surface area contributed by atoms with Crippen LogP contribution >= 0.6 is 0 Å². The van der Waals surface area contributed by atoms with Crippen LogP contribution in [-0.2, 0) is 4.79 Å². The highest BCUT2D eigenvalue weighted by molar-refractivity contribution is 5.79. The van der Waals surface area contributed by atoms with Crippen LogP contribution in [-0.4, -0.2) is 36.0 Å². The van der Waals surface area contributed by atoms with Crippen molar-refractivity contribution in [3.05, 3.63) is 0 Å². The van der Waals surface area contributed by atoms with E-state index >= 15 is 0 Å². The van der Waals surface area contributed by atoms with Gasteiger partial charge in [0.1, 0.15) is 0 Å². The molecule has 0 aromatic heterocycles. The summed E-state index contributed by atoms with van der Waals surface area (Å²) in [6.07, 6.45) is 10.3. The lowest BCUT2D eigenvalue weighted by atomic mass is 9.83. The number of amides is 1. The van der Waals surface area contributed by atoms with Gasteiger partial charge in [-0.2, -0.15) is 0 Å². The van der Waals surface area contributed by atoms with Crippen molar-refractivity contribution < 1.29 is 4.79 Å². The smallest absolute Gasteiger partial charge is 0.236 e. The van der Waals surface area contributed by atoms with Gasteiger partial charge in [-0.1, -0.05) is 26.2 Å². The first-order valence-corrected chi connectivity index (χ1v) is 8.25. The summed E-state index contributed by atoms with van der Waals surface area (Å²) in [4.78, 5) is 14.6. The van der Waals surface area contributed by atoms with E-state index in [2.05, 4.69) is 24.1 Å². The van der Waals surface area contributed by atoms with Crippen LogP contribution in [0.15, 0.2) is 0 Å². The van der Waals surface area contributed by atoms with Gasteiger partial charge in [0, 0.05) is 18.6 Å². The van der Waals surface area contributed by atoms with Gasteiger partial charge in [-0.3, -0.25) is 4.79 Å². The molecule has 1 N–H and O–H groups in total.